The van der Waals surface area contributed by atoms with Crippen molar-refractivity contribution in [3.8, 4) is 0 Å². The molecule has 0 atom stereocenters. The zero-order valence-electron chi connectivity index (χ0n) is 8.70. The molecule has 0 saturated carbocycles. The van der Waals surface area contributed by atoms with Gasteiger partial charge in [-0.05, 0) is 42.0 Å². The normalized spacial score (nSPS) is 10.9. The van der Waals surface area contributed by atoms with Crippen molar-refractivity contribution >= 4 is 22.9 Å². The minimum absolute atomic E-state index is 0.461. The van der Waals surface area contributed by atoms with Crippen LogP contribution in [0.5, 0.6) is 0 Å². The van der Waals surface area contributed by atoms with E-state index < -0.39 is 0 Å². The van der Waals surface area contributed by atoms with E-state index in [9.17, 15) is 0 Å². The quantitative estimate of drug-likeness (QED) is 0.827. The fourth-order valence-electron chi connectivity index (χ4n) is 1.50. The topological polar surface area (TPSA) is 30.7 Å². The third-order valence-corrected chi connectivity index (χ3v) is 3.64. The van der Waals surface area contributed by atoms with Crippen LogP contribution in [0.25, 0.3) is 0 Å². The monoisotopic (exact) mass is 241 g/mol. The first kappa shape index (κ1) is 10.6. The Kier molecular flexibility index (Phi) is 3.07. The smallest absolute Gasteiger partial charge is 0.225 e. The van der Waals surface area contributed by atoms with Crippen molar-refractivity contribution in [3.63, 3.8) is 0 Å². The summed E-state index contributed by atoms with van der Waals surface area (Å²) in [4.78, 5) is 1.34. The van der Waals surface area contributed by atoms with Crippen molar-refractivity contribution in [3.05, 3.63) is 33.0 Å². The molecule has 80 valence electrons. The highest BCUT2D eigenvalue weighted by Gasteiger charge is 2.09. The highest BCUT2D eigenvalue weighted by Crippen LogP contribution is 2.20. The minimum Gasteiger partial charge on any atom is -0.297 e. The van der Waals surface area contributed by atoms with Gasteiger partial charge in [-0.1, -0.05) is 6.92 Å². The molecule has 0 unspecified atom stereocenters. The molecule has 0 N–H and O–H groups in total. The molecular formula is C10H12ClN3S. The van der Waals surface area contributed by atoms with Crippen LogP contribution in [-0.4, -0.2) is 14.8 Å². The Hall–Kier alpha value is -0.870. The van der Waals surface area contributed by atoms with Gasteiger partial charge in [-0.3, -0.25) is 4.57 Å². The van der Waals surface area contributed by atoms with E-state index in [2.05, 4.69) is 28.6 Å². The third-order valence-electron chi connectivity index (χ3n) is 2.41. The van der Waals surface area contributed by atoms with E-state index in [1.165, 1.54) is 10.4 Å². The van der Waals surface area contributed by atoms with Crippen molar-refractivity contribution in [1.29, 1.82) is 0 Å². The van der Waals surface area contributed by atoms with Gasteiger partial charge in [-0.2, -0.15) is 0 Å². The second-order valence-electron chi connectivity index (χ2n) is 3.32. The molecule has 2 heterocycles. The molecule has 0 aliphatic rings. The lowest BCUT2D eigenvalue weighted by Crippen LogP contribution is -2.02. The van der Waals surface area contributed by atoms with Crippen molar-refractivity contribution < 1.29 is 0 Å². The number of halogens is 1. The molecule has 2 rings (SSSR count). The fraction of sp³-hybridized carbons (Fsp3) is 0.400. The van der Waals surface area contributed by atoms with Gasteiger partial charge < -0.3 is 0 Å². The lowest BCUT2D eigenvalue weighted by molar-refractivity contribution is 0.766. The summed E-state index contributed by atoms with van der Waals surface area (Å²) in [5, 5.41) is 10.3. The van der Waals surface area contributed by atoms with Crippen LogP contribution >= 0.6 is 22.9 Å². The summed E-state index contributed by atoms with van der Waals surface area (Å²) in [7, 11) is 0. The summed E-state index contributed by atoms with van der Waals surface area (Å²) >= 11 is 7.71. The number of nitrogens with zero attached hydrogens (tertiary/aromatic N) is 3. The molecule has 0 spiro atoms. The Labute approximate surface area is 97.7 Å². The zero-order chi connectivity index (χ0) is 10.8. The van der Waals surface area contributed by atoms with Crippen LogP contribution in [0.15, 0.2) is 11.4 Å². The van der Waals surface area contributed by atoms with Gasteiger partial charge in [0.05, 0.1) is 6.54 Å². The van der Waals surface area contributed by atoms with Crippen molar-refractivity contribution in [2.24, 2.45) is 0 Å². The largest absolute Gasteiger partial charge is 0.297 e. The fourth-order valence-corrected chi connectivity index (χ4v) is 2.68. The maximum Gasteiger partial charge on any atom is 0.225 e. The van der Waals surface area contributed by atoms with E-state index in [1.807, 2.05) is 11.5 Å². The van der Waals surface area contributed by atoms with Crippen LogP contribution < -0.4 is 0 Å². The SMILES string of the molecule is CCc1ccsc1Cn1c(C)nnc1Cl. The van der Waals surface area contributed by atoms with Crippen molar-refractivity contribution in [2.75, 3.05) is 0 Å². The highest BCUT2D eigenvalue weighted by molar-refractivity contribution is 7.10. The minimum atomic E-state index is 0.461. The van der Waals surface area contributed by atoms with Crippen LogP contribution in [0.3, 0.4) is 0 Å². The Morgan fingerprint density at radius 3 is 2.87 bits per heavy atom. The standard InChI is InChI=1S/C10H12ClN3S/c1-3-8-4-5-15-9(8)6-14-7(2)12-13-10(14)11/h4-5H,3,6H2,1-2H3. The molecule has 0 aliphatic carbocycles. The third kappa shape index (κ3) is 2.06. The summed E-state index contributed by atoms with van der Waals surface area (Å²) in [5.41, 5.74) is 1.38. The summed E-state index contributed by atoms with van der Waals surface area (Å²) in [6, 6.07) is 2.16. The number of thiophene rings is 1. The predicted octanol–water partition coefficient (Wildman–Crippen LogP) is 2.91. The Balaban J connectivity index is 2.29. The summed E-state index contributed by atoms with van der Waals surface area (Å²) < 4.78 is 1.92. The zero-order valence-corrected chi connectivity index (χ0v) is 10.3. The average Bonchev–Trinajstić information content (AvgIpc) is 2.79. The van der Waals surface area contributed by atoms with Crippen molar-refractivity contribution in [1.82, 2.24) is 14.8 Å². The average molecular weight is 242 g/mol. The van der Waals surface area contributed by atoms with Crippen LogP contribution in [0.2, 0.25) is 5.28 Å². The van der Waals surface area contributed by atoms with Gasteiger partial charge >= 0.3 is 0 Å². The molecule has 0 saturated heterocycles. The van der Waals surface area contributed by atoms with Gasteiger partial charge in [0, 0.05) is 4.88 Å². The molecule has 2 aromatic heterocycles. The maximum atomic E-state index is 5.95. The number of aryl methyl sites for hydroxylation is 2. The number of hydrogen-bond donors (Lipinski definition) is 0. The Morgan fingerprint density at radius 1 is 1.47 bits per heavy atom. The van der Waals surface area contributed by atoms with Gasteiger partial charge in [-0.15, -0.1) is 21.5 Å². The molecule has 2 aromatic rings. The van der Waals surface area contributed by atoms with Gasteiger partial charge in [0.2, 0.25) is 5.28 Å². The van der Waals surface area contributed by atoms with E-state index in [0.717, 1.165) is 18.8 Å². The van der Waals surface area contributed by atoms with E-state index in [0.29, 0.717) is 5.28 Å². The summed E-state index contributed by atoms with van der Waals surface area (Å²) in [6.45, 7) is 4.85. The molecule has 5 heteroatoms. The highest BCUT2D eigenvalue weighted by atomic mass is 35.5. The van der Waals surface area contributed by atoms with E-state index in [1.54, 1.807) is 11.3 Å². The Bertz CT molecular complexity index is 441. The van der Waals surface area contributed by atoms with Crippen LogP contribution in [0.1, 0.15) is 23.2 Å². The van der Waals surface area contributed by atoms with E-state index >= 15 is 0 Å². The summed E-state index contributed by atoms with van der Waals surface area (Å²) in [5.74, 6) is 0.857. The molecule has 0 aliphatic heterocycles. The molecule has 0 fully saturated rings. The number of rotatable bonds is 3. The molecule has 0 bridgehead atoms. The lowest BCUT2D eigenvalue weighted by atomic mass is 10.2. The van der Waals surface area contributed by atoms with Gasteiger partial charge in [0.1, 0.15) is 5.82 Å². The lowest BCUT2D eigenvalue weighted by Gasteiger charge is -2.05. The van der Waals surface area contributed by atoms with Crippen molar-refractivity contribution in [2.45, 2.75) is 26.8 Å². The second-order valence-corrected chi connectivity index (χ2v) is 4.66. The molecule has 0 radical (unpaired) electrons. The van der Waals surface area contributed by atoms with Crippen LogP contribution in [0, 0.1) is 6.92 Å². The number of aromatic nitrogens is 3. The van der Waals surface area contributed by atoms with E-state index in [4.69, 9.17) is 11.6 Å². The van der Waals surface area contributed by atoms with Crippen LogP contribution in [-0.2, 0) is 13.0 Å². The van der Waals surface area contributed by atoms with Crippen LogP contribution in [0.4, 0.5) is 0 Å². The first-order chi connectivity index (χ1) is 7.22. The molecule has 0 amide bonds. The first-order valence-electron chi connectivity index (χ1n) is 4.83. The van der Waals surface area contributed by atoms with E-state index in [-0.39, 0.29) is 0 Å². The maximum absolute atomic E-state index is 5.95. The Morgan fingerprint density at radius 2 is 2.27 bits per heavy atom. The van der Waals surface area contributed by atoms with Gasteiger partial charge in [-0.25, -0.2) is 0 Å². The summed E-state index contributed by atoms with van der Waals surface area (Å²) in [6.07, 6.45) is 1.05. The molecule has 0 aromatic carbocycles. The van der Waals surface area contributed by atoms with Gasteiger partial charge in [0.25, 0.3) is 0 Å². The predicted molar refractivity (Wildman–Crippen MR) is 62.6 cm³/mol. The second kappa shape index (κ2) is 4.33. The molecule has 3 nitrogen and oxygen atoms in total. The number of hydrogen-bond acceptors (Lipinski definition) is 3. The first-order valence-corrected chi connectivity index (χ1v) is 6.08. The molecular weight excluding hydrogens is 230 g/mol. The van der Waals surface area contributed by atoms with Gasteiger partial charge in [0.15, 0.2) is 0 Å². The molecule has 15 heavy (non-hydrogen) atoms.